The van der Waals surface area contributed by atoms with Crippen molar-refractivity contribution in [3.8, 4) is 11.1 Å². The van der Waals surface area contributed by atoms with Crippen LogP contribution in [0.4, 0.5) is 4.39 Å². The lowest BCUT2D eigenvalue weighted by Crippen LogP contribution is -2.14. The maximum Gasteiger partial charge on any atom is 0.131 e. The lowest BCUT2D eigenvalue weighted by atomic mass is 9.99. The van der Waals surface area contributed by atoms with E-state index in [0.717, 1.165) is 35.4 Å². The van der Waals surface area contributed by atoms with E-state index in [0.29, 0.717) is 4.58 Å². The fraction of sp³-hybridized carbons (Fsp3) is 0.556. The van der Waals surface area contributed by atoms with Crippen LogP contribution < -0.4 is 0 Å². The molecule has 0 saturated carbocycles. The van der Waals surface area contributed by atoms with Gasteiger partial charge in [-0.15, -0.1) is 23.5 Å². The second kappa shape index (κ2) is 12.8. The Balaban J connectivity index is 1.54. The van der Waals surface area contributed by atoms with Crippen LogP contribution in [0.1, 0.15) is 80.9 Å². The molecule has 2 aromatic rings. The molecule has 0 nitrogen and oxygen atoms in total. The highest BCUT2D eigenvalue weighted by molar-refractivity contribution is 8.16. The molecule has 2 aromatic carbocycles. The standard InChI is InChI=1S/C27H37FS2/c1-3-5-7-8-9-11-21-12-17-25(26(28)18-21)23-13-15-24(16-14-23)27-29-19-22(20-30-27)10-6-4-2/h12-18,22,27H,3-11,19-20H2,1-2H3. The van der Waals surface area contributed by atoms with Crippen LogP contribution in [-0.2, 0) is 6.42 Å². The highest BCUT2D eigenvalue weighted by atomic mass is 32.2. The Hall–Kier alpha value is -0.930. The molecule has 1 fully saturated rings. The first-order chi connectivity index (χ1) is 14.7. The maximum atomic E-state index is 14.8. The van der Waals surface area contributed by atoms with Crippen molar-refractivity contribution in [3.63, 3.8) is 0 Å². The summed E-state index contributed by atoms with van der Waals surface area (Å²) in [6.45, 7) is 4.51. The van der Waals surface area contributed by atoms with Gasteiger partial charge in [0.25, 0.3) is 0 Å². The van der Waals surface area contributed by atoms with Crippen molar-refractivity contribution >= 4 is 23.5 Å². The van der Waals surface area contributed by atoms with E-state index in [1.165, 1.54) is 62.0 Å². The van der Waals surface area contributed by atoms with E-state index in [2.05, 4.69) is 67.7 Å². The molecule has 0 bridgehead atoms. The molecule has 1 saturated heterocycles. The summed E-state index contributed by atoms with van der Waals surface area (Å²) in [6, 6.07) is 14.4. The third-order valence-electron chi connectivity index (χ3n) is 6.03. The predicted molar refractivity (Wildman–Crippen MR) is 135 cm³/mol. The number of thioether (sulfide) groups is 2. The lowest BCUT2D eigenvalue weighted by molar-refractivity contribution is 0.562. The van der Waals surface area contributed by atoms with Gasteiger partial charge in [0.05, 0.1) is 4.58 Å². The van der Waals surface area contributed by atoms with E-state index in [1.807, 2.05) is 6.07 Å². The summed E-state index contributed by atoms with van der Waals surface area (Å²) < 4.78 is 15.3. The molecular formula is C27H37FS2. The number of benzene rings is 2. The smallest absolute Gasteiger partial charge is 0.131 e. The minimum atomic E-state index is -0.0889. The minimum Gasteiger partial charge on any atom is -0.206 e. The SMILES string of the molecule is CCCCCCCc1ccc(-c2ccc(C3SCC(CCCC)CS3)cc2)c(F)c1. The topological polar surface area (TPSA) is 0 Å². The average molecular weight is 445 g/mol. The van der Waals surface area contributed by atoms with Crippen LogP contribution in [0.2, 0.25) is 0 Å². The zero-order chi connectivity index (χ0) is 21.2. The molecule has 0 unspecified atom stereocenters. The molecule has 0 aliphatic carbocycles. The first-order valence-electron chi connectivity index (χ1n) is 11.8. The Labute approximate surface area is 191 Å². The normalized spacial score (nSPS) is 19.2. The molecular weight excluding hydrogens is 407 g/mol. The van der Waals surface area contributed by atoms with E-state index in [-0.39, 0.29) is 5.82 Å². The van der Waals surface area contributed by atoms with Crippen molar-refractivity contribution in [2.45, 2.75) is 76.2 Å². The van der Waals surface area contributed by atoms with Gasteiger partial charge < -0.3 is 0 Å². The van der Waals surface area contributed by atoms with Gasteiger partial charge in [-0.2, -0.15) is 0 Å². The fourth-order valence-electron chi connectivity index (χ4n) is 4.10. The number of rotatable bonds is 11. The van der Waals surface area contributed by atoms with Crippen molar-refractivity contribution in [1.82, 2.24) is 0 Å². The molecule has 30 heavy (non-hydrogen) atoms. The van der Waals surface area contributed by atoms with Gasteiger partial charge in [0.1, 0.15) is 5.82 Å². The molecule has 0 spiro atoms. The van der Waals surface area contributed by atoms with Crippen molar-refractivity contribution in [1.29, 1.82) is 0 Å². The number of unbranched alkanes of at least 4 members (excludes halogenated alkanes) is 5. The number of hydrogen-bond donors (Lipinski definition) is 0. The largest absolute Gasteiger partial charge is 0.206 e. The Kier molecular flexibility index (Phi) is 10.1. The van der Waals surface area contributed by atoms with Crippen LogP contribution in [-0.4, -0.2) is 11.5 Å². The molecule has 1 aliphatic heterocycles. The van der Waals surface area contributed by atoms with Gasteiger partial charge in [0.2, 0.25) is 0 Å². The molecule has 0 aromatic heterocycles. The number of hydrogen-bond acceptors (Lipinski definition) is 2. The van der Waals surface area contributed by atoms with Gasteiger partial charge >= 0.3 is 0 Å². The first-order valence-corrected chi connectivity index (χ1v) is 13.9. The fourth-order valence-corrected chi connectivity index (χ4v) is 7.26. The summed E-state index contributed by atoms with van der Waals surface area (Å²) in [5.74, 6) is 3.32. The molecule has 0 atom stereocenters. The van der Waals surface area contributed by atoms with Crippen molar-refractivity contribution in [3.05, 3.63) is 59.4 Å². The van der Waals surface area contributed by atoms with Crippen molar-refractivity contribution in [2.24, 2.45) is 5.92 Å². The van der Waals surface area contributed by atoms with Gasteiger partial charge in [0, 0.05) is 5.56 Å². The van der Waals surface area contributed by atoms with Crippen LogP contribution in [0.15, 0.2) is 42.5 Å². The number of halogens is 1. The highest BCUT2D eigenvalue weighted by Gasteiger charge is 2.23. The van der Waals surface area contributed by atoms with Gasteiger partial charge in [0.15, 0.2) is 0 Å². The Bertz CT molecular complexity index is 748. The Morgan fingerprint density at radius 3 is 2.20 bits per heavy atom. The van der Waals surface area contributed by atoms with E-state index >= 15 is 0 Å². The molecule has 0 amide bonds. The summed E-state index contributed by atoms with van der Waals surface area (Å²) in [4.78, 5) is 0. The summed E-state index contributed by atoms with van der Waals surface area (Å²) in [7, 11) is 0. The predicted octanol–water partition coefficient (Wildman–Crippen LogP) is 9.29. The zero-order valence-corrected chi connectivity index (χ0v) is 20.3. The Morgan fingerprint density at radius 2 is 1.53 bits per heavy atom. The second-order valence-corrected chi connectivity index (χ2v) is 11.2. The van der Waals surface area contributed by atoms with Gasteiger partial charge in [-0.3, -0.25) is 0 Å². The number of aryl methyl sites for hydroxylation is 1. The second-order valence-electron chi connectivity index (χ2n) is 8.61. The van der Waals surface area contributed by atoms with E-state index < -0.39 is 0 Å². The van der Waals surface area contributed by atoms with Crippen molar-refractivity contribution < 1.29 is 4.39 Å². The molecule has 3 rings (SSSR count). The van der Waals surface area contributed by atoms with E-state index in [9.17, 15) is 4.39 Å². The van der Waals surface area contributed by atoms with Crippen LogP contribution >= 0.6 is 23.5 Å². The molecule has 1 aliphatic rings. The third-order valence-corrected chi connectivity index (χ3v) is 9.32. The van der Waals surface area contributed by atoms with Gasteiger partial charge in [-0.1, -0.05) is 88.8 Å². The highest BCUT2D eigenvalue weighted by Crippen LogP contribution is 2.46. The molecule has 164 valence electrons. The Morgan fingerprint density at radius 1 is 0.833 bits per heavy atom. The lowest BCUT2D eigenvalue weighted by Gasteiger charge is -2.28. The van der Waals surface area contributed by atoms with Crippen LogP contribution in [0.5, 0.6) is 0 Å². The minimum absolute atomic E-state index is 0.0889. The molecule has 1 heterocycles. The third kappa shape index (κ3) is 7.05. The summed E-state index contributed by atoms with van der Waals surface area (Å²) in [6.07, 6.45) is 11.3. The van der Waals surface area contributed by atoms with Crippen molar-refractivity contribution in [2.75, 3.05) is 11.5 Å². The quantitative estimate of drug-likeness (QED) is 0.317. The average Bonchev–Trinajstić information content (AvgIpc) is 2.78. The van der Waals surface area contributed by atoms with Crippen LogP contribution in [0.3, 0.4) is 0 Å². The van der Waals surface area contributed by atoms with Gasteiger partial charge in [-0.25, -0.2) is 4.39 Å². The summed E-state index contributed by atoms with van der Waals surface area (Å²) in [5, 5.41) is 0. The first kappa shape index (κ1) is 23.7. The zero-order valence-electron chi connectivity index (χ0n) is 18.7. The molecule has 3 heteroatoms. The van der Waals surface area contributed by atoms with Crippen LogP contribution in [0.25, 0.3) is 11.1 Å². The summed E-state index contributed by atoms with van der Waals surface area (Å²) >= 11 is 4.17. The summed E-state index contributed by atoms with van der Waals surface area (Å²) in [5.41, 5.74) is 4.20. The molecule has 0 N–H and O–H groups in total. The van der Waals surface area contributed by atoms with Crippen LogP contribution in [0, 0.1) is 11.7 Å². The maximum absolute atomic E-state index is 14.8. The van der Waals surface area contributed by atoms with E-state index in [1.54, 1.807) is 6.07 Å². The monoisotopic (exact) mass is 444 g/mol. The molecule has 0 radical (unpaired) electrons. The van der Waals surface area contributed by atoms with E-state index in [4.69, 9.17) is 0 Å². The van der Waals surface area contributed by atoms with Gasteiger partial charge in [-0.05, 0) is 59.4 Å².